The van der Waals surface area contributed by atoms with Gasteiger partial charge in [0.15, 0.2) is 0 Å². The number of aryl methyl sites for hydroxylation is 1. The molecule has 0 bridgehead atoms. The molecule has 2 heterocycles. The lowest BCUT2D eigenvalue weighted by Gasteiger charge is -2.31. The highest BCUT2D eigenvalue weighted by atomic mass is 35.5. The zero-order chi connectivity index (χ0) is 11.5. The molecule has 1 saturated heterocycles. The first-order valence-electron chi connectivity index (χ1n) is 5.60. The molecule has 6 heteroatoms. The Kier molecular flexibility index (Phi) is 7.21. The molecule has 4 nitrogen and oxygen atoms in total. The Morgan fingerprint density at radius 3 is 2.61 bits per heavy atom. The number of halogens is 2. The topological polar surface area (TPSA) is 54.0 Å². The van der Waals surface area contributed by atoms with Gasteiger partial charge in [0, 0.05) is 12.1 Å². The highest BCUT2D eigenvalue weighted by Gasteiger charge is 2.28. The zero-order valence-electron chi connectivity index (χ0n) is 10.5. The fraction of sp³-hybridized carbons (Fsp3) is 0.500. The molecule has 102 valence electrons. The standard InChI is InChI=1S/C12H17N3O.2ClH/c1-8-3-11(7-13-4-8)15-12(16)9(2)10-5-14-6-10;;/h3-4,7,9-10,14H,5-6H2,1-2H3,(H,15,16);2*1H. The smallest absolute Gasteiger partial charge is 0.227 e. The summed E-state index contributed by atoms with van der Waals surface area (Å²) >= 11 is 0. The summed E-state index contributed by atoms with van der Waals surface area (Å²) < 4.78 is 0. The van der Waals surface area contributed by atoms with E-state index in [0.29, 0.717) is 5.92 Å². The van der Waals surface area contributed by atoms with E-state index >= 15 is 0 Å². The summed E-state index contributed by atoms with van der Waals surface area (Å²) in [4.78, 5) is 15.9. The van der Waals surface area contributed by atoms with Crippen LogP contribution in [0.2, 0.25) is 0 Å². The van der Waals surface area contributed by atoms with Gasteiger partial charge in [0.05, 0.1) is 11.9 Å². The molecular formula is C12H19Cl2N3O. The number of nitrogens with one attached hydrogen (secondary N) is 2. The number of amides is 1. The van der Waals surface area contributed by atoms with Crippen LogP contribution in [0.25, 0.3) is 0 Å². The molecule has 1 aromatic rings. The number of pyridine rings is 1. The summed E-state index contributed by atoms with van der Waals surface area (Å²) in [6, 6.07) is 1.93. The van der Waals surface area contributed by atoms with Crippen molar-refractivity contribution in [3.8, 4) is 0 Å². The predicted molar refractivity (Wildman–Crippen MR) is 77.6 cm³/mol. The highest BCUT2D eigenvalue weighted by Crippen LogP contribution is 2.18. The van der Waals surface area contributed by atoms with Gasteiger partial charge in [0.1, 0.15) is 0 Å². The monoisotopic (exact) mass is 291 g/mol. The molecule has 1 aromatic heterocycles. The van der Waals surface area contributed by atoms with Gasteiger partial charge in [-0.2, -0.15) is 0 Å². The normalized spacial score (nSPS) is 15.7. The largest absolute Gasteiger partial charge is 0.324 e. The van der Waals surface area contributed by atoms with Gasteiger partial charge >= 0.3 is 0 Å². The van der Waals surface area contributed by atoms with Crippen molar-refractivity contribution >= 4 is 36.4 Å². The van der Waals surface area contributed by atoms with Gasteiger partial charge < -0.3 is 10.6 Å². The highest BCUT2D eigenvalue weighted by molar-refractivity contribution is 5.92. The number of nitrogens with zero attached hydrogens (tertiary/aromatic N) is 1. The van der Waals surface area contributed by atoms with E-state index in [-0.39, 0.29) is 36.6 Å². The first-order valence-corrected chi connectivity index (χ1v) is 5.60. The number of carbonyl (C=O) groups excluding carboxylic acids is 1. The Morgan fingerprint density at radius 2 is 2.11 bits per heavy atom. The third kappa shape index (κ3) is 4.12. The fourth-order valence-corrected chi connectivity index (χ4v) is 1.76. The summed E-state index contributed by atoms with van der Waals surface area (Å²) in [5.41, 5.74) is 1.83. The molecule has 1 amide bonds. The van der Waals surface area contributed by atoms with Gasteiger partial charge in [0.2, 0.25) is 5.91 Å². The maximum atomic E-state index is 11.9. The van der Waals surface area contributed by atoms with Crippen LogP contribution >= 0.6 is 24.8 Å². The van der Waals surface area contributed by atoms with Crippen LogP contribution in [0, 0.1) is 18.8 Å². The maximum Gasteiger partial charge on any atom is 0.227 e. The van der Waals surface area contributed by atoms with Crippen LogP contribution in [0.3, 0.4) is 0 Å². The number of hydrogen-bond acceptors (Lipinski definition) is 3. The maximum absolute atomic E-state index is 11.9. The van der Waals surface area contributed by atoms with Crippen LogP contribution in [-0.4, -0.2) is 24.0 Å². The molecule has 0 saturated carbocycles. The van der Waals surface area contributed by atoms with E-state index in [2.05, 4.69) is 15.6 Å². The van der Waals surface area contributed by atoms with E-state index in [1.807, 2.05) is 19.9 Å². The molecule has 0 aromatic carbocycles. The van der Waals surface area contributed by atoms with Crippen molar-refractivity contribution in [3.63, 3.8) is 0 Å². The Bertz CT molecular complexity index is 397. The number of hydrogen-bond donors (Lipinski definition) is 2. The van der Waals surface area contributed by atoms with Crippen molar-refractivity contribution in [1.29, 1.82) is 0 Å². The van der Waals surface area contributed by atoms with Gasteiger partial charge in [-0.25, -0.2) is 0 Å². The Labute approximate surface area is 120 Å². The average Bonchev–Trinajstić information content (AvgIpc) is 2.14. The summed E-state index contributed by atoms with van der Waals surface area (Å²) in [7, 11) is 0. The average molecular weight is 292 g/mol. The zero-order valence-corrected chi connectivity index (χ0v) is 12.1. The van der Waals surface area contributed by atoms with Gasteiger partial charge in [-0.05, 0) is 37.6 Å². The van der Waals surface area contributed by atoms with Crippen LogP contribution < -0.4 is 10.6 Å². The van der Waals surface area contributed by atoms with Crippen molar-refractivity contribution in [1.82, 2.24) is 10.3 Å². The second-order valence-corrected chi connectivity index (χ2v) is 4.45. The van der Waals surface area contributed by atoms with Crippen LogP contribution in [0.1, 0.15) is 12.5 Å². The molecule has 0 spiro atoms. The van der Waals surface area contributed by atoms with Crippen LogP contribution in [0.5, 0.6) is 0 Å². The first-order chi connectivity index (χ1) is 7.66. The molecule has 2 rings (SSSR count). The van der Waals surface area contributed by atoms with Gasteiger partial charge in [-0.15, -0.1) is 24.8 Å². The SMILES string of the molecule is Cc1cncc(NC(=O)C(C)C2CNC2)c1.Cl.Cl. The van der Waals surface area contributed by atoms with E-state index in [1.54, 1.807) is 12.4 Å². The molecule has 1 aliphatic rings. The Morgan fingerprint density at radius 1 is 1.44 bits per heavy atom. The van der Waals surface area contributed by atoms with Gasteiger partial charge in [-0.1, -0.05) is 6.92 Å². The minimum absolute atomic E-state index is 0. The summed E-state index contributed by atoms with van der Waals surface area (Å²) in [6.07, 6.45) is 3.45. The van der Waals surface area contributed by atoms with E-state index < -0.39 is 0 Å². The minimum atomic E-state index is 0. The van der Waals surface area contributed by atoms with Crippen LogP contribution in [-0.2, 0) is 4.79 Å². The fourth-order valence-electron chi connectivity index (χ4n) is 1.76. The number of rotatable bonds is 3. The summed E-state index contributed by atoms with van der Waals surface area (Å²) in [6.45, 7) is 5.83. The first kappa shape index (κ1) is 17.2. The Hall–Kier alpha value is -0.840. The molecule has 2 N–H and O–H groups in total. The van der Waals surface area contributed by atoms with E-state index in [4.69, 9.17) is 0 Å². The molecule has 1 atom stereocenters. The Balaban J connectivity index is 0.00000144. The molecule has 0 radical (unpaired) electrons. The van der Waals surface area contributed by atoms with Crippen molar-refractivity contribution in [2.75, 3.05) is 18.4 Å². The van der Waals surface area contributed by atoms with Crippen molar-refractivity contribution < 1.29 is 4.79 Å². The van der Waals surface area contributed by atoms with Gasteiger partial charge in [-0.3, -0.25) is 9.78 Å². The second-order valence-electron chi connectivity index (χ2n) is 4.45. The second kappa shape index (κ2) is 7.56. The predicted octanol–water partition coefficient (Wildman–Crippen LogP) is 2.03. The molecule has 0 aliphatic carbocycles. The minimum Gasteiger partial charge on any atom is -0.324 e. The van der Waals surface area contributed by atoms with Crippen molar-refractivity contribution in [3.05, 3.63) is 24.0 Å². The van der Waals surface area contributed by atoms with Gasteiger partial charge in [0.25, 0.3) is 0 Å². The van der Waals surface area contributed by atoms with Crippen LogP contribution in [0.4, 0.5) is 5.69 Å². The lowest BCUT2D eigenvalue weighted by Crippen LogP contribution is -2.48. The third-order valence-corrected chi connectivity index (χ3v) is 3.08. The molecule has 1 aliphatic heterocycles. The van der Waals surface area contributed by atoms with Crippen molar-refractivity contribution in [2.24, 2.45) is 11.8 Å². The van der Waals surface area contributed by atoms with E-state index in [0.717, 1.165) is 24.3 Å². The number of carbonyl (C=O) groups is 1. The van der Waals surface area contributed by atoms with E-state index in [1.165, 1.54) is 0 Å². The lowest BCUT2D eigenvalue weighted by atomic mass is 9.88. The summed E-state index contributed by atoms with van der Waals surface area (Å²) in [5.74, 6) is 0.610. The molecule has 1 unspecified atom stereocenters. The number of anilines is 1. The quantitative estimate of drug-likeness (QED) is 0.896. The van der Waals surface area contributed by atoms with E-state index in [9.17, 15) is 4.79 Å². The lowest BCUT2D eigenvalue weighted by molar-refractivity contribution is -0.121. The molecule has 1 fully saturated rings. The number of aromatic nitrogens is 1. The third-order valence-electron chi connectivity index (χ3n) is 3.08. The van der Waals surface area contributed by atoms with Crippen LogP contribution in [0.15, 0.2) is 18.5 Å². The van der Waals surface area contributed by atoms with Crippen molar-refractivity contribution in [2.45, 2.75) is 13.8 Å². The summed E-state index contributed by atoms with van der Waals surface area (Å²) in [5, 5.41) is 6.08. The molecular weight excluding hydrogens is 273 g/mol. The molecule has 18 heavy (non-hydrogen) atoms.